The molecule has 0 saturated carbocycles. The predicted octanol–water partition coefficient (Wildman–Crippen LogP) is 5.48. The summed E-state index contributed by atoms with van der Waals surface area (Å²) in [6.07, 6.45) is 17.7. The van der Waals surface area contributed by atoms with Crippen LogP contribution in [0.1, 0.15) is 103 Å². The Kier molecular flexibility index (Phi) is 10.2. The van der Waals surface area contributed by atoms with Gasteiger partial charge in [0.15, 0.2) is 0 Å². The van der Waals surface area contributed by atoms with Crippen molar-refractivity contribution in [2.24, 2.45) is 0 Å². The molecule has 2 bridgehead atoms. The predicted molar refractivity (Wildman–Crippen MR) is 145 cm³/mol. The molecule has 4 heterocycles. The van der Waals surface area contributed by atoms with E-state index >= 15 is 0 Å². The average molecular weight is 486 g/mol. The van der Waals surface area contributed by atoms with E-state index in [1.807, 2.05) is 0 Å². The van der Waals surface area contributed by atoms with Crippen LogP contribution < -0.4 is 4.90 Å². The number of hydrogen-bond donors (Lipinski definition) is 0. The summed E-state index contributed by atoms with van der Waals surface area (Å²) in [6, 6.07) is 1.81. The van der Waals surface area contributed by atoms with Gasteiger partial charge in [0.1, 0.15) is 0 Å². The topological polar surface area (TPSA) is 44.7 Å². The lowest BCUT2D eigenvalue weighted by molar-refractivity contribution is 0.0756. The van der Waals surface area contributed by atoms with Gasteiger partial charge in [0.2, 0.25) is 5.95 Å². The van der Waals surface area contributed by atoms with Crippen LogP contribution in [0.2, 0.25) is 0 Å². The molecule has 0 aromatic carbocycles. The largest absolute Gasteiger partial charge is 0.379 e. The first-order valence-corrected chi connectivity index (χ1v) is 14.7. The summed E-state index contributed by atoms with van der Waals surface area (Å²) in [6.45, 7) is 15.8. The Morgan fingerprint density at radius 3 is 2.03 bits per heavy atom. The number of anilines is 1. The molecule has 3 aliphatic rings. The van der Waals surface area contributed by atoms with E-state index < -0.39 is 0 Å². The zero-order valence-corrected chi connectivity index (χ0v) is 23.0. The van der Waals surface area contributed by atoms with Gasteiger partial charge in [-0.2, -0.15) is 0 Å². The number of ether oxygens (including phenoxy) is 1. The number of rotatable bonds is 13. The Bertz CT molecular complexity index is 717. The molecule has 35 heavy (non-hydrogen) atoms. The van der Waals surface area contributed by atoms with Crippen molar-refractivity contribution in [2.45, 2.75) is 122 Å². The van der Waals surface area contributed by atoms with E-state index in [0.717, 1.165) is 25.6 Å². The van der Waals surface area contributed by atoms with Crippen molar-refractivity contribution in [3.8, 4) is 0 Å². The van der Waals surface area contributed by atoms with Gasteiger partial charge in [0, 0.05) is 50.2 Å². The van der Waals surface area contributed by atoms with Crippen LogP contribution >= 0.6 is 0 Å². The second kappa shape index (κ2) is 13.3. The van der Waals surface area contributed by atoms with E-state index in [4.69, 9.17) is 14.7 Å². The number of fused-ring (bicyclic) bond motifs is 2. The van der Waals surface area contributed by atoms with Gasteiger partial charge in [-0.15, -0.1) is 0 Å². The van der Waals surface area contributed by atoms with Crippen molar-refractivity contribution in [3.05, 3.63) is 18.0 Å². The van der Waals surface area contributed by atoms with Crippen molar-refractivity contribution >= 4 is 5.95 Å². The number of aromatic nitrogens is 2. The molecule has 4 rings (SSSR count). The maximum atomic E-state index is 5.63. The SMILES string of the molecule is CC(C)OCCCCCCCCN1CCC(c2cnc(N3C4CCC3CN(C(C)C)C4)nc2)CC1. The van der Waals surface area contributed by atoms with Crippen LogP contribution in [0, 0.1) is 0 Å². The van der Waals surface area contributed by atoms with E-state index in [9.17, 15) is 0 Å². The van der Waals surface area contributed by atoms with Crippen molar-refractivity contribution in [3.63, 3.8) is 0 Å². The normalized spacial score (nSPS) is 24.2. The first kappa shape index (κ1) is 26.8. The minimum Gasteiger partial charge on any atom is -0.379 e. The van der Waals surface area contributed by atoms with Gasteiger partial charge in [-0.3, -0.25) is 4.90 Å². The standard InChI is InChI=1S/C29H51N5O/c1-23(2)33-21-27-11-12-28(22-33)34(27)29-30-19-26(20-31-29)25-13-16-32(17-14-25)15-9-7-5-6-8-10-18-35-24(3)4/h19-20,23-25,27-28H,5-18,21-22H2,1-4H3. The summed E-state index contributed by atoms with van der Waals surface area (Å²) < 4.78 is 5.63. The summed E-state index contributed by atoms with van der Waals surface area (Å²) in [5.41, 5.74) is 1.35. The molecule has 6 nitrogen and oxygen atoms in total. The Balaban J connectivity index is 1.12. The second-order valence-corrected chi connectivity index (χ2v) is 11.8. The quantitative estimate of drug-likeness (QED) is 0.345. The number of hydrogen-bond acceptors (Lipinski definition) is 6. The summed E-state index contributed by atoms with van der Waals surface area (Å²) in [5.74, 6) is 1.59. The van der Waals surface area contributed by atoms with E-state index in [1.54, 1.807) is 0 Å². The molecule has 3 fully saturated rings. The molecule has 0 amide bonds. The summed E-state index contributed by atoms with van der Waals surface area (Å²) in [4.78, 5) is 17.6. The molecule has 0 spiro atoms. The van der Waals surface area contributed by atoms with Gasteiger partial charge in [-0.25, -0.2) is 9.97 Å². The number of unbranched alkanes of at least 4 members (excludes halogenated alkanes) is 5. The van der Waals surface area contributed by atoms with Crippen molar-refractivity contribution in [1.29, 1.82) is 0 Å². The lowest BCUT2D eigenvalue weighted by Gasteiger charge is -2.42. The van der Waals surface area contributed by atoms with Crippen LogP contribution in [-0.2, 0) is 4.74 Å². The van der Waals surface area contributed by atoms with Gasteiger partial charge in [-0.1, -0.05) is 25.7 Å². The summed E-state index contributed by atoms with van der Waals surface area (Å²) in [7, 11) is 0. The third kappa shape index (κ3) is 7.62. The molecule has 0 aliphatic carbocycles. The highest BCUT2D eigenvalue weighted by Gasteiger charge is 2.41. The molecular formula is C29H51N5O. The minimum atomic E-state index is 0.372. The van der Waals surface area contributed by atoms with Crippen molar-refractivity contribution in [2.75, 3.05) is 44.2 Å². The molecule has 2 atom stereocenters. The van der Waals surface area contributed by atoms with Crippen LogP contribution in [0.4, 0.5) is 5.95 Å². The van der Waals surface area contributed by atoms with Crippen molar-refractivity contribution < 1.29 is 4.74 Å². The molecule has 198 valence electrons. The average Bonchev–Trinajstić information content (AvgIpc) is 3.12. The number of nitrogens with zero attached hydrogens (tertiary/aromatic N) is 5. The molecule has 1 aromatic rings. The number of likely N-dealkylation sites (tertiary alicyclic amines) is 2. The second-order valence-electron chi connectivity index (χ2n) is 11.8. The Labute approximate surface area is 214 Å². The van der Waals surface area contributed by atoms with E-state index in [-0.39, 0.29) is 0 Å². The van der Waals surface area contributed by atoms with Gasteiger partial charge in [0.25, 0.3) is 0 Å². The van der Waals surface area contributed by atoms with Gasteiger partial charge < -0.3 is 14.5 Å². The molecule has 1 aromatic heterocycles. The minimum absolute atomic E-state index is 0.372. The maximum absolute atomic E-state index is 5.63. The van der Waals surface area contributed by atoms with Crippen molar-refractivity contribution in [1.82, 2.24) is 19.8 Å². The lowest BCUT2D eigenvalue weighted by atomic mass is 9.91. The van der Waals surface area contributed by atoms with Crippen LogP contribution in [-0.4, -0.2) is 83.3 Å². The van der Waals surface area contributed by atoms with Crippen LogP contribution in [0.3, 0.4) is 0 Å². The highest BCUT2D eigenvalue weighted by atomic mass is 16.5. The van der Waals surface area contributed by atoms with E-state index in [1.165, 1.54) is 89.4 Å². The Morgan fingerprint density at radius 1 is 0.829 bits per heavy atom. The van der Waals surface area contributed by atoms with Gasteiger partial charge >= 0.3 is 0 Å². The van der Waals surface area contributed by atoms with Gasteiger partial charge in [0.05, 0.1) is 6.10 Å². The number of piperidine rings is 1. The van der Waals surface area contributed by atoms with Crippen LogP contribution in [0.25, 0.3) is 0 Å². The Morgan fingerprint density at radius 2 is 1.43 bits per heavy atom. The van der Waals surface area contributed by atoms with Crippen LogP contribution in [0.5, 0.6) is 0 Å². The highest BCUT2D eigenvalue weighted by Crippen LogP contribution is 2.34. The van der Waals surface area contributed by atoms with Gasteiger partial charge in [-0.05, 0) is 97.3 Å². The highest BCUT2D eigenvalue weighted by molar-refractivity contribution is 5.38. The first-order valence-electron chi connectivity index (χ1n) is 14.7. The van der Waals surface area contributed by atoms with Crippen LogP contribution in [0.15, 0.2) is 12.4 Å². The zero-order valence-electron chi connectivity index (χ0n) is 23.0. The van der Waals surface area contributed by atoms with E-state index in [2.05, 4.69) is 54.8 Å². The molecule has 6 heteroatoms. The Hall–Kier alpha value is -1.24. The summed E-state index contributed by atoms with van der Waals surface area (Å²) >= 11 is 0. The fourth-order valence-electron chi connectivity index (χ4n) is 6.31. The summed E-state index contributed by atoms with van der Waals surface area (Å²) in [5, 5.41) is 0. The fourth-order valence-corrected chi connectivity index (χ4v) is 6.31. The maximum Gasteiger partial charge on any atom is 0.225 e. The smallest absolute Gasteiger partial charge is 0.225 e. The monoisotopic (exact) mass is 485 g/mol. The molecule has 3 saturated heterocycles. The first-order chi connectivity index (χ1) is 17.0. The molecule has 2 unspecified atom stereocenters. The molecule has 0 radical (unpaired) electrons. The number of piperazine rings is 1. The lowest BCUT2D eigenvalue weighted by Crippen LogP contribution is -2.56. The molecular weight excluding hydrogens is 434 g/mol. The third-order valence-electron chi connectivity index (χ3n) is 8.51. The third-order valence-corrected chi connectivity index (χ3v) is 8.51. The molecule has 0 N–H and O–H groups in total. The fraction of sp³-hybridized carbons (Fsp3) is 0.862. The molecule has 3 aliphatic heterocycles. The van der Waals surface area contributed by atoms with E-state index in [0.29, 0.717) is 30.1 Å². The zero-order chi connectivity index (χ0) is 24.6.